The number of amidine groups is 1. The number of aliphatic imine (C=N–C) groups is 1. The number of rotatable bonds is 4. The Kier molecular flexibility index (Phi) is 4.45. The quantitative estimate of drug-likeness (QED) is 0.707. The van der Waals surface area contributed by atoms with E-state index < -0.39 is 0 Å². The largest absolute Gasteiger partial charge is 0.359 e. The first-order valence-electron chi connectivity index (χ1n) is 5.25. The molecule has 1 amide bonds. The standard InChI is InChI=1S/C10H19N3OS/c1-4-10(3)7-15-9(13-10)12-6-5-11-8(2)14/h4-7H2,1-3H3,(H,11,14)(H,12,13). The number of thioether (sulfide) groups is 1. The van der Waals surface area contributed by atoms with Crippen LogP contribution in [-0.4, -0.2) is 35.5 Å². The molecule has 0 aliphatic carbocycles. The molecule has 1 unspecified atom stereocenters. The zero-order valence-corrected chi connectivity index (χ0v) is 10.4. The Bertz CT molecular complexity index is 267. The van der Waals surface area contributed by atoms with Gasteiger partial charge < -0.3 is 10.6 Å². The van der Waals surface area contributed by atoms with E-state index in [-0.39, 0.29) is 11.4 Å². The molecule has 0 spiro atoms. The topological polar surface area (TPSA) is 53.5 Å². The summed E-state index contributed by atoms with van der Waals surface area (Å²) in [5.41, 5.74) is 0.192. The van der Waals surface area contributed by atoms with Crippen LogP contribution in [-0.2, 0) is 4.79 Å². The Labute approximate surface area is 95.3 Å². The molecule has 1 atom stereocenters. The van der Waals surface area contributed by atoms with E-state index in [1.165, 1.54) is 6.92 Å². The van der Waals surface area contributed by atoms with E-state index in [9.17, 15) is 4.79 Å². The normalized spacial score (nSPS) is 27.8. The Morgan fingerprint density at radius 1 is 1.73 bits per heavy atom. The number of carbonyl (C=O) groups excluding carboxylic acids is 1. The average Bonchev–Trinajstić information content (AvgIpc) is 2.56. The highest BCUT2D eigenvalue weighted by atomic mass is 32.2. The maximum atomic E-state index is 10.6. The third kappa shape index (κ3) is 4.11. The highest BCUT2D eigenvalue weighted by molar-refractivity contribution is 8.14. The minimum atomic E-state index is 0.000584. The maximum Gasteiger partial charge on any atom is 0.216 e. The van der Waals surface area contributed by atoms with Crippen LogP contribution >= 0.6 is 11.8 Å². The highest BCUT2D eigenvalue weighted by Gasteiger charge is 2.30. The summed E-state index contributed by atoms with van der Waals surface area (Å²) in [6.07, 6.45) is 1.10. The van der Waals surface area contributed by atoms with Gasteiger partial charge in [-0.2, -0.15) is 0 Å². The van der Waals surface area contributed by atoms with Gasteiger partial charge in [0.05, 0.1) is 6.54 Å². The van der Waals surface area contributed by atoms with Crippen molar-refractivity contribution in [3.05, 3.63) is 0 Å². The van der Waals surface area contributed by atoms with Crippen molar-refractivity contribution >= 4 is 22.8 Å². The SMILES string of the molecule is CCC1(C)CSC(=NCCNC(C)=O)N1. The number of hydrogen-bond donors (Lipinski definition) is 2. The second-order valence-electron chi connectivity index (χ2n) is 4.00. The summed E-state index contributed by atoms with van der Waals surface area (Å²) >= 11 is 1.76. The number of hydrogen-bond acceptors (Lipinski definition) is 3. The van der Waals surface area contributed by atoms with E-state index in [0.717, 1.165) is 17.3 Å². The second kappa shape index (κ2) is 5.39. The van der Waals surface area contributed by atoms with Crippen molar-refractivity contribution in [2.24, 2.45) is 4.99 Å². The maximum absolute atomic E-state index is 10.6. The van der Waals surface area contributed by atoms with E-state index in [2.05, 4.69) is 29.5 Å². The fourth-order valence-corrected chi connectivity index (χ4v) is 2.46. The fourth-order valence-electron chi connectivity index (χ4n) is 1.22. The monoisotopic (exact) mass is 229 g/mol. The third-order valence-corrected chi connectivity index (χ3v) is 3.74. The molecule has 1 fully saturated rings. The van der Waals surface area contributed by atoms with Crippen LogP contribution in [0.5, 0.6) is 0 Å². The van der Waals surface area contributed by atoms with Crippen molar-refractivity contribution < 1.29 is 4.79 Å². The van der Waals surface area contributed by atoms with Crippen molar-refractivity contribution in [3.63, 3.8) is 0 Å². The molecule has 0 aromatic rings. The molecule has 86 valence electrons. The summed E-state index contributed by atoms with van der Waals surface area (Å²) in [7, 11) is 0. The number of nitrogens with one attached hydrogen (secondary N) is 2. The molecule has 1 rings (SSSR count). The van der Waals surface area contributed by atoms with E-state index >= 15 is 0 Å². The van der Waals surface area contributed by atoms with Crippen molar-refractivity contribution in [2.75, 3.05) is 18.8 Å². The zero-order valence-electron chi connectivity index (χ0n) is 9.59. The molecule has 4 nitrogen and oxygen atoms in total. The molecule has 1 heterocycles. The number of amides is 1. The fraction of sp³-hybridized carbons (Fsp3) is 0.800. The van der Waals surface area contributed by atoms with Gasteiger partial charge >= 0.3 is 0 Å². The van der Waals surface area contributed by atoms with Crippen molar-refractivity contribution in [1.82, 2.24) is 10.6 Å². The summed E-state index contributed by atoms with van der Waals surface area (Å²) in [5.74, 6) is 1.07. The molecule has 1 aliphatic rings. The molecule has 0 aromatic heterocycles. The lowest BCUT2D eigenvalue weighted by molar-refractivity contribution is -0.118. The van der Waals surface area contributed by atoms with E-state index in [4.69, 9.17) is 0 Å². The Balaban J connectivity index is 2.28. The van der Waals surface area contributed by atoms with Crippen LogP contribution < -0.4 is 10.6 Å². The van der Waals surface area contributed by atoms with Gasteiger partial charge in [-0.15, -0.1) is 0 Å². The van der Waals surface area contributed by atoms with Gasteiger partial charge in [0, 0.05) is 24.8 Å². The molecule has 0 bridgehead atoms. The average molecular weight is 229 g/mol. The molecule has 1 aliphatic heterocycles. The van der Waals surface area contributed by atoms with Crippen molar-refractivity contribution in [2.45, 2.75) is 32.7 Å². The minimum Gasteiger partial charge on any atom is -0.359 e. The van der Waals surface area contributed by atoms with Gasteiger partial charge in [0.2, 0.25) is 5.91 Å². The molecule has 5 heteroatoms. The van der Waals surface area contributed by atoms with Gasteiger partial charge in [0.15, 0.2) is 5.17 Å². The summed E-state index contributed by atoms with van der Waals surface area (Å²) in [6.45, 7) is 7.16. The van der Waals surface area contributed by atoms with Gasteiger partial charge in [-0.3, -0.25) is 9.79 Å². The summed E-state index contributed by atoms with van der Waals surface area (Å²) in [4.78, 5) is 15.0. The van der Waals surface area contributed by atoms with Gasteiger partial charge in [0.1, 0.15) is 0 Å². The third-order valence-electron chi connectivity index (χ3n) is 2.46. The van der Waals surface area contributed by atoms with E-state index in [0.29, 0.717) is 13.1 Å². The van der Waals surface area contributed by atoms with Gasteiger partial charge in [-0.05, 0) is 13.3 Å². The predicted octanol–water partition coefficient (Wildman–Crippen LogP) is 0.984. The van der Waals surface area contributed by atoms with Crippen molar-refractivity contribution in [3.8, 4) is 0 Å². The van der Waals surface area contributed by atoms with E-state index in [1.807, 2.05) is 0 Å². The Morgan fingerprint density at radius 2 is 2.47 bits per heavy atom. The lowest BCUT2D eigenvalue weighted by Gasteiger charge is -2.20. The van der Waals surface area contributed by atoms with Crippen LogP contribution in [0.25, 0.3) is 0 Å². The zero-order chi connectivity index (χ0) is 11.3. The van der Waals surface area contributed by atoms with Crippen LogP contribution in [0.3, 0.4) is 0 Å². The number of carbonyl (C=O) groups is 1. The minimum absolute atomic E-state index is 0.000584. The Hall–Kier alpha value is -0.710. The van der Waals surface area contributed by atoms with Crippen LogP contribution in [0, 0.1) is 0 Å². The summed E-state index contributed by atoms with van der Waals surface area (Å²) < 4.78 is 0. The Morgan fingerprint density at radius 3 is 3.00 bits per heavy atom. The molecule has 1 saturated heterocycles. The lowest BCUT2D eigenvalue weighted by atomic mass is 10.0. The second-order valence-corrected chi connectivity index (χ2v) is 4.96. The summed E-state index contributed by atoms with van der Waals surface area (Å²) in [5, 5.41) is 7.13. The molecule has 0 saturated carbocycles. The van der Waals surface area contributed by atoms with Gasteiger partial charge in [0.25, 0.3) is 0 Å². The molecule has 0 radical (unpaired) electrons. The molecule has 0 aromatic carbocycles. The number of nitrogens with zero attached hydrogens (tertiary/aromatic N) is 1. The predicted molar refractivity (Wildman–Crippen MR) is 65.3 cm³/mol. The molecule has 2 N–H and O–H groups in total. The smallest absolute Gasteiger partial charge is 0.216 e. The molecular weight excluding hydrogens is 210 g/mol. The van der Waals surface area contributed by atoms with Gasteiger partial charge in [-0.25, -0.2) is 0 Å². The molecular formula is C10H19N3OS. The first kappa shape index (κ1) is 12.4. The van der Waals surface area contributed by atoms with Crippen LogP contribution in [0.4, 0.5) is 0 Å². The van der Waals surface area contributed by atoms with Crippen LogP contribution in [0.15, 0.2) is 4.99 Å². The summed E-state index contributed by atoms with van der Waals surface area (Å²) in [6, 6.07) is 0. The molecule has 15 heavy (non-hydrogen) atoms. The van der Waals surface area contributed by atoms with Crippen LogP contribution in [0.1, 0.15) is 27.2 Å². The van der Waals surface area contributed by atoms with Gasteiger partial charge in [-0.1, -0.05) is 18.7 Å². The first-order valence-corrected chi connectivity index (χ1v) is 6.24. The van der Waals surface area contributed by atoms with Crippen LogP contribution in [0.2, 0.25) is 0 Å². The highest BCUT2D eigenvalue weighted by Crippen LogP contribution is 2.25. The van der Waals surface area contributed by atoms with E-state index in [1.54, 1.807) is 11.8 Å². The first-order chi connectivity index (χ1) is 7.06. The van der Waals surface area contributed by atoms with Crippen molar-refractivity contribution in [1.29, 1.82) is 0 Å². The lowest BCUT2D eigenvalue weighted by Crippen LogP contribution is -2.39.